The molecule has 1 N–H and O–H groups in total. The fourth-order valence-electron chi connectivity index (χ4n) is 1.42. The van der Waals surface area contributed by atoms with Crippen molar-refractivity contribution in [3.63, 3.8) is 0 Å². The van der Waals surface area contributed by atoms with Crippen LogP contribution in [-0.4, -0.2) is 25.1 Å². The number of sulfonamides is 1. The summed E-state index contributed by atoms with van der Waals surface area (Å²) in [5, 5.41) is 0. The molecular formula is C9H8BrF3N2O2S. The molecule has 18 heavy (non-hydrogen) atoms. The summed E-state index contributed by atoms with van der Waals surface area (Å²) in [6.07, 6.45) is -2.72. The Balaban J connectivity index is 2.29. The van der Waals surface area contributed by atoms with Gasteiger partial charge in [0.1, 0.15) is 10.4 Å². The summed E-state index contributed by atoms with van der Waals surface area (Å²) in [4.78, 5) is 3.32. The van der Waals surface area contributed by atoms with E-state index in [1.165, 1.54) is 12.3 Å². The standard InChI is InChI=1S/C9H8BrF3N2O2S/c10-6-3-7(5-14-4-6)18(16,17)15-8(1-2-8)9(11,12)13/h3-5,15H,1-2H2. The second-order valence-corrected chi connectivity index (χ2v) is 6.62. The van der Waals surface area contributed by atoms with E-state index in [1.807, 2.05) is 0 Å². The van der Waals surface area contributed by atoms with Crippen molar-refractivity contribution in [2.45, 2.75) is 29.5 Å². The molecule has 0 radical (unpaired) electrons. The Morgan fingerprint density at radius 2 is 1.94 bits per heavy atom. The first-order chi connectivity index (χ1) is 8.16. The topological polar surface area (TPSA) is 59.1 Å². The van der Waals surface area contributed by atoms with Gasteiger partial charge < -0.3 is 0 Å². The lowest BCUT2D eigenvalue weighted by atomic mass is 10.3. The van der Waals surface area contributed by atoms with E-state index in [0.717, 1.165) is 6.20 Å². The van der Waals surface area contributed by atoms with Crippen LogP contribution in [0.4, 0.5) is 13.2 Å². The second-order valence-electron chi connectivity index (χ2n) is 4.02. The zero-order valence-electron chi connectivity index (χ0n) is 8.83. The van der Waals surface area contributed by atoms with Gasteiger partial charge in [-0.3, -0.25) is 4.98 Å². The molecule has 0 bridgehead atoms. The number of halogens is 4. The maximum absolute atomic E-state index is 12.7. The van der Waals surface area contributed by atoms with E-state index in [0.29, 0.717) is 4.47 Å². The van der Waals surface area contributed by atoms with E-state index in [2.05, 4.69) is 20.9 Å². The highest BCUT2D eigenvalue weighted by Crippen LogP contribution is 2.49. The summed E-state index contributed by atoms with van der Waals surface area (Å²) in [7, 11) is -4.22. The first-order valence-corrected chi connectivity index (χ1v) is 7.15. The Hall–Kier alpha value is -0.670. The van der Waals surface area contributed by atoms with Gasteiger partial charge in [-0.05, 0) is 34.8 Å². The molecule has 0 unspecified atom stereocenters. The van der Waals surface area contributed by atoms with Gasteiger partial charge in [-0.1, -0.05) is 0 Å². The minimum atomic E-state index is -4.58. The zero-order valence-corrected chi connectivity index (χ0v) is 11.2. The van der Waals surface area contributed by atoms with Crippen molar-refractivity contribution < 1.29 is 21.6 Å². The highest BCUT2D eigenvalue weighted by atomic mass is 79.9. The van der Waals surface area contributed by atoms with Crippen molar-refractivity contribution in [3.05, 3.63) is 22.9 Å². The summed E-state index contributed by atoms with van der Waals surface area (Å²) in [5.41, 5.74) is -2.31. The molecule has 9 heteroatoms. The van der Waals surface area contributed by atoms with Crippen molar-refractivity contribution >= 4 is 26.0 Å². The first-order valence-electron chi connectivity index (χ1n) is 4.88. The number of alkyl halides is 3. The number of nitrogens with zero attached hydrogens (tertiary/aromatic N) is 1. The third-order valence-corrected chi connectivity index (χ3v) is 4.55. The maximum Gasteiger partial charge on any atom is 0.407 e. The molecule has 0 amide bonds. The number of pyridine rings is 1. The van der Waals surface area contributed by atoms with Crippen LogP contribution in [-0.2, 0) is 10.0 Å². The van der Waals surface area contributed by atoms with E-state index in [4.69, 9.17) is 0 Å². The third kappa shape index (κ3) is 2.52. The first kappa shape index (κ1) is 13.8. The average Bonchev–Trinajstić information content (AvgIpc) is 2.97. The number of nitrogens with one attached hydrogen (secondary N) is 1. The van der Waals surface area contributed by atoms with Gasteiger partial charge >= 0.3 is 6.18 Å². The van der Waals surface area contributed by atoms with Crippen LogP contribution in [0.1, 0.15) is 12.8 Å². The van der Waals surface area contributed by atoms with Gasteiger partial charge in [-0.15, -0.1) is 0 Å². The van der Waals surface area contributed by atoms with Crippen molar-refractivity contribution in [3.8, 4) is 0 Å². The smallest absolute Gasteiger partial charge is 0.262 e. The minimum absolute atomic E-state index is 0.239. The van der Waals surface area contributed by atoms with Gasteiger partial charge in [0.15, 0.2) is 0 Å². The van der Waals surface area contributed by atoms with Crippen LogP contribution in [0.3, 0.4) is 0 Å². The van der Waals surface area contributed by atoms with E-state index >= 15 is 0 Å². The van der Waals surface area contributed by atoms with Gasteiger partial charge in [-0.2, -0.15) is 17.9 Å². The summed E-state index contributed by atoms with van der Waals surface area (Å²) in [5.74, 6) is 0. The molecule has 4 nitrogen and oxygen atoms in total. The predicted molar refractivity (Wildman–Crippen MR) is 60.3 cm³/mol. The lowest BCUT2D eigenvalue weighted by molar-refractivity contribution is -0.160. The van der Waals surface area contributed by atoms with Crippen LogP contribution in [0.15, 0.2) is 27.8 Å². The molecule has 100 valence electrons. The van der Waals surface area contributed by atoms with Gasteiger partial charge in [0.25, 0.3) is 0 Å². The summed E-state index contributed by atoms with van der Waals surface area (Å²) >= 11 is 3.01. The molecule has 0 aromatic carbocycles. The van der Waals surface area contributed by atoms with Crippen LogP contribution in [0.5, 0.6) is 0 Å². The van der Waals surface area contributed by atoms with Crippen LogP contribution in [0, 0.1) is 0 Å². The third-order valence-electron chi connectivity index (χ3n) is 2.61. The molecule has 2 rings (SSSR count). The summed E-state index contributed by atoms with van der Waals surface area (Å²) < 4.78 is 63.7. The monoisotopic (exact) mass is 344 g/mol. The Bertz CT molecular complexity index is 569. The molecule has 0 spiro atoms. The highest BCUT2D eigenvalue weighted by molar-refractivity contribution is 9.10. The molecule has 0 aliphatic heterocycles. The van der Waals surface area contributed by atoms with Gasteiger partial charge in [0, 0.05) is 16.9 Å². The largest absolute Gasteiger partial charge is 0.407 e. The number of aromatic nitrogens is 1. The van der Waals surface area contributed by atoms with Crippen LogP contribution < -0.4 is 4.72 Å². The molecular weight excluding hydrogens is 337 g/mol. The van der Waals surface area contributed by atoms with Crippen molar-refractivity contribution in [2.24, 2.45) is 0 Å². The summed E-state index contributed by atoms with van der Waals surface area (Å²) in [6.45, 7) is 0. The molecule has 1 aliphatic rings. The highest BCUT2D eigenvalue weighted by Gasteiger charge is 2.65. The molecule has 1 aromatic rings. The van der Waals surface area contributed by atoms with Gasteiger partial charge in [0.05, 0.1) is 0 Å². The van der Waals surface area contributed by atoms with Crippen molar-refractivity contribution in [2.75, 3.05) is 0 Å². The zero-order chi connectivity index (χ0) is 13.6. The average molecular weight is 345 g/mol. The van der Waals surface area contributed by atoms with Gasteiger partial charge in [0.2, 0.25) is 10.0 Å². The Labute approximate surface area is 110 Å². The molecule has 0 saturated heterocycles. The molecule has 1 aromatic heterocycles. The van der Waals surface area contributed by atoms with E-state index in [1.54, 1.807) is 4.72 Å². The Morgan fingerprint density at radius 1 is 1.33 bits per heavy atom. The normalized spacial score (nSPS) is 18.7. The SMILES string of the molecule is O=S(=O)(NC1(C(F)(F)F)CC1)c1cncc(Br)c1. The van der Waals surface area contributed by atoms with Crippen LogP contribution in [0.2, 0.25) is 0 Å². The number of rotatable bonds is 3. The number of hydrogen-bond acceptors (Lipinski definition) is 3. The molecule has 1 aliphatic carbocycles. The van der Waals surface area contributed by atoms with Gasteiger partial charge in [-0.25, -0.2) is 8.42 Å². The molecule has 0 atom stereocenters. The maximum atomic E-state index is 12.7. The lowest BCUT2D eigenvalue weighted by Crippen LogP contribution is -2.47. The van der Waals surface area contributed by atoms with E-state index < -0.39 is 21.7 Å². The molecule has 1 saturated carbocycles. The Morgan fingerprint density at radius 3 is 2.39 bits per heavy atom. The Kier molecular flexibility index (Phi) is 3.19. The van der Waals surface area contributed by atoms with Crippen molar-refractivity contribution in [1.29, 1.82) is 0 Å². The molecule has 1 heterocycles. The minimum Gasteiger partial charge on any atom is -0.262 e. The summed E-state index contributed by atoms with van der Waals surface area (Å²) in [6, 6.07) is 1.20. The fourth-order valence-corrected chi connectivity index (χ4v) is 3.37. The van der Waals surface area contributed by atoms with E-state index in [9.17, 15) is 21.6 Å². The quantitative estimate of drug-likeness (QED) is 0.914. The number of hydrogen-bond donors (Lipinski definition) is 1. The predicted octanol–water partition coefficient (Wildman–Crippen LogP) is 2.22. The second kappa shape index (κ2) is 4.17. The lowest BCUT2D eigenvalue weighted by Gasteiger charge is -2.20. The van der Waals surface area contributed by atoms with E-state index in [-0.39, 0.29) is 17.7 Å². The fraction of sp³-hybridized carbons (Fsp3) is 0.444. The molecule has 1 fully saturated rings. The van der Waals surface area contributed by atoms with Crippen molar-refractivity contribution in [1.82, 2.24) is 9.71 Å². The van der Waals surface area contributed by atoms with Crippen LogP contribution in [0.25, 0.3) is 0 Å². The van der Waals surface area contributed by atoms with Crippen LogP contribution >= 0.6 is 15.9 Å².